The third-order valence-electron chi connectivity index (χ3n) is 2.51. The Hall–Kier alpha value is -2.19. The number of carbonyl (C=O) groups excluding carboxylic acids is 1. The predicted octanol–water partition coefficient (Wildman–Crippen LogP) is 2.67. The summed E-state index contributed by atoms with van der Waals surface area (Å²) in [5.74, 6) is -6.94. The minimum atomic E-state index is -4.81. The molecule has 1 rings (SSSR count). The first-order valence-electron chi connectivity index (χ1n) is 5.37. The number of nitro groups is 1. The van der Waals surface area contributed by atoms with Gasteiger partial charge in [0.25, 0.3) is 11.6 Å². The van der Waals surface area contributed by atoms with Gasteiger partial charge in [0.1, 0.15) is 0 Å². The molecule has 0 fully saturated rings. The Labute approximate surface area is 110 Å². The van der Waals surface area contributed by atoms with Gasteiger partial charge in [-0.1, -0.05) is 12.1 Å². The highest BCUT2D eigenvalue weighted by molar-refractivity contribution is 5.84. The number of alkyl halides is 4. The smallest absolute Gasteiger partial charge is 0.344 e. The number of benzene rings is 1. The summed E-state index contributed by atoms with van der Waals surface area (Å²) in [5.41, 5.74) is -0.151. The molecule has 5 nitrogen and oxygen atoms in total. The van der Waals surface area contributed by atoms with Gasteiger partial charge in [-0.2, -0.15) is 8.78 Å². The summed E-state index contributed by atoms with van der Waals surface area (Å²) < 4.78 is 49.5. The molecule has 1 N–H and O–H groups in total. The van der Waals surface area contributed by atoms with Crippen molar-refractivity contribution in [2.45, 2.75) is 25.3 Å². The molecule has 110 valence electrons. The summed E-state index contributed by atoms with van der Waals surface area (Å²) in [6.07, 6.45) is -4.13. The first-order chi connectivity index (χ1) is 9.16. The fraction of sp³-hybridized carbons (Fsp3) is 0.364. The Morgan fingerprint density at radius 3 is 2.50 bits per heavy atom. The van der Waals surface area contributed by atoms with Crippen molar-refractivity contribution in [2.75, 3.05) is 0 Å². The standard InChI is InChI=1S/C11H10F4N2O3/c1-6(16-10(18)11(14,15)9(12)13)7-3-2-4-8(5-7)17(19)20/h2-6,9H,1H3,(H,16,18). The van der Waals surface area contributed by atoms with E-state index in [2.05, 4.69) is 0 Å². The van der Waals surface area contributed by atoms with Crippen LogP contribution in [0.4, 0.5) is 23.2 Å². The number of hydrogen-bond donors (Lipinski definition) is 1. The number of nitrogens with zero attached hydrogens (tertiary/aromatic N) is 1. The number of halogens is 4. The second-order valence-corrected chi connectivity index (χ2v) is 3.97. The Morgan fingerprint density at radius 2 is 2.00 bits per heavy atom. The van der Waals surface area contributed by atoms with E-state index in [1.165, 1.54) is 25.1 Å². The molecule has 1 aromatic carbocycles. The Morgan fingerprint density at radius 1 is 1.40 bits per heavy atom. The topological polar surface area (TPSA) is 72.2 Å². The molecule has 20 heavy (non-hydrogen) atoms. The average molecular weight is 294 g/mol. The van der Waals surface area contributed by atoms with Crippen molar-refractivity contribution < 1.29 is 27.3 Å². The van der Waals surface area contributed by atoms with Crippen LogP contribution in [-0.2, 0) is 4.79 Å². The summed E-state index contributed by atoms with van der Waals surface area (Å²) in [6, 6.07) is 3.80. The molecule has 0 bridgehead atoms. The van der Waals surface area contributed by atoms with Crippen molar-refractivity contribution in [3.8, 4) is 0 Å². The van der Waals surface area contributed by atoms with Crippen LogP contribution in [0.1, 0.15) is 18.5 Å². The van der Waals surface area contributed by atoms with Crippen LogP contribution in [-0.4, -0.2) is 23.2 Å². The van der Waals surface area contributed by atoms with Crippen molar-refractivity contribution in [3.63, 3.8) is 0 Å². The molecule has 1 atom stereocenters. The van der Waals surface area contributed by atoms with E-state index in [-0.39, 0.29) is 11.3 Å². The lowest BCUT2D eigenvalue weighted by Gasteiger charge is -2.19. The monoisotopic (exact) mass is 294 g/mol. The molecule has 1 unspecified atom stereocenters. The van der Waals surface area contributed by atoms with E-state index < -0.39 is 29.2 Å². The maximum atomic E-state index is 12.8. The van der Waals surface area contributed by atoms with Crippen molar-refractivity contribution >= 4 is 11.6 Å². The fourth-order valence-corrected chi connectivity index (χ4v) is 1.38. The second-order valence-electron chi connectivity index (χ2n) is 3.97. The van der Waals surface area contributed by atoms with Gasteiger partial charge in [-0.3, -0.25) is 14.9 Å². The molecular weight excluding hydrogens is 284 g/mol. The molecule has 1 amide bonds. The van der Waals surface area contributed by atoms with Gasteiger partial charge in [-0.25, -0.2) is 8.78 Å². The van der Waals surface area contributed by atoms with Gasteiger partial charge in [0.2, 0.25) is 0 Å². The molecule has 0 saturated carbocycles. The summed E-state index contributed by atoms with van der Waals surface area (Å²) in [5, 5.41) is 12.2. The van der Waals surface area contributed by atoms with E-state index >= 15 is 0 Å². The number of nitrogens with one attached hydrogen (secondary N) is 1. The van der Waals surface area contributed by atoms with Crippen LogP contribution in [0.3, 0.4) is 0 Å². The molecule has 0 heterocycles. The van der Waals surface area contributed by atoms with E-state index in [4.69, 9.17) is 0 Å². The predicted molar refractivity (Wildman–Crippen MR) is 60.6 cm³/mol. The van der Waals surface area contributed by atoms with Gasteiger partial charge in [-0.15, -0.1) is 0 Å². The van der Waals surface area contributed by atoms with Crippen LogP contribution >= 0.6 is 0 Å². The van der Waals surface area contributed by atoms with Crippen molar-refractivity contribution in [2.24, 2.45) is 0 Å². The molecule has 0 saturated heterocycles. The number of nitro benzene ring substituents is 1. The quantitative estimate of drug-likeness (QED) is 0.515. The normalized spacial score (nSPS) is 13.1. The van der Waals surface area contributed by atoms with E-state index in [1.807, 2.05) is 0 Å². The third kappa shape index (κ3) is 3.43. The molecule has 1 aromatic rings. The minimum Gasteiger partial charge on any atom is -0.344 e. The number of hydrogen-bond acceptors (Lipinski definition) is 3. The Kier molecular flexibility index (Phi) is 4.64. The van der Waals surface area contributed by atoms with Crippen molar-refractivity contribution in [1.29, 1.82) is 0 Å². The van der Waals surface area contributed by atoms with Crippen LogP contribution in [0.25, 0.3) is 0 Å². The van der Waals surface area contributed by atoms with Crippen LogP contribution < -0.4 is 5.32 Å². The highest BCUT2D eigenvalue weighted by atomic mass is 19.3. The lowest BCUT2D eigenvalue weighted by atomic mass is 10.1. The maximum absolute atomic E-state index is 12.8. The molecule has 9 heteroatoms. The molecule has 0 spiro atoms. The van der Waals surface area contributed by atoms with Gasteiger partial charge >= 0.3 is 12.3 Å². The van der Waals surface area contributed by atoms with Gasteiger partial charge in [0.15, 0.2) is 0 Å². The molecule has 0 aliphatic carbocycles. The van der Waals surface area contributed by atoms with Gasteiger partial charge < -0.3 is 5.32 Å². The first kappa shape index (κ1) is 15.9. The highest BCUT2D eigenvalue weighted by Gasteiger charge is 2.49. The van der Waals surface area contributed by atoms with Crippen molar-refractivity contribution in [1.82, 2.24) is 5.32 Å². The first-order valence-corrected chi connectivity index (χ1v) is 5.37. The molecule has 0 aromatic heterocycles. The minimum absolute atomic E-state index is 0.151. The van der Waals surface area contributed by atoms with Gasteiger partial charge in [0, 0.05) is 12.1 Å². The summed E-state index contributed by atoms with van der Waals surface area (Å²) in [6.45, 7) is 1.25. The number of rotatable bonds is 5. The van der Waals surface area contributed by atoms with Crippen molar-refractivity contribution in [3.05, 3.63) is 39.9 Å². The largest absolute Gasteiger partial charge is 0.383 e. The summed E-state index contributed by atoms with van der Waals surface area (Å²) in [4.78, 5) is 20.9. The lowest BCUT2D eigenvalue weighted by Crippen LogP contribution is -2.45. The maximum Gasteiger partial charge on any atom is 0.383 e. The molecule has 0 aliphatic rings. The summed E-state index contributed by atoms with van der Waals surface area (Å²) in [7, 11) is 0. The zero-order chi connectivity index (χ0) is 15.5. The zero-order valence-electron chi connectivity index (χ0n) is 10.1. The zero-order valence-corrected chi connectivity index (χ0v) is 10.1. The average Bonchev–Trinajstić information content (AvgIpc) is 2.38. The lowest BCUT2D eigenvalue weighted by molar-refractivity contribution is -0.384. The molecule has 0 radical (unpaired) electrons. The van der Waals surface area contributed by atoms with Crippen LogP contribution in [0.2, 0.25) is 0 Å². The van der Waals surface area contributed by atoms with Crippen LogP contribution in [0, 0.1) is 10.1 Å². The molecule has 0 aliphatic heterocycles. The van der Waals surface area contributed by atoms with E-state index in [9.17, 15) is 32.5 Å². The second kappa shape index (κ2) is 5.85. The number of carbonyl (C=O) groups is 1. The summed E-state index contributed by atoms with van der Waals surface area (Å²) >= 11 is 0. The van der Waals surface area contributed by atoms with E-state index in [1.54, 1.807) is 5.32 Å². The van der Waals surface area contributed by atoms with Crippen LogP contribution in [0.5, 0.6) is 0 Å². The van der Waals surface area contributed by atoms with E-state index in [0.717, 1.165) is 6.07 Å². The Bertz CT molecular complexity index is 522. The fourth-order valence-electron chi connectivity index (χ4n) is 1.38. The van der Waals surface area contributed by atoms with Gasteiger partial charge in [-0.05, 0) is 12.5 Å². The Balaban J connectivity index is 2.86. The van der Waals surface area contributed by atoms with Gasteiger partial charge in [0.05, 0.1) is 11.0 Å². The SMILES string of the molecule is CC(NC(=O)C(F)(F)C(F)F)c1cccc([N+](=O)[O-])c1. The van der Waals surface area contributed by atoms with E-state index in [0.29, 0.717) is 0 Å². The highest BCUT2D eigenvalue weighted by Crippen LogP contribution is 2.25. The van der Waals surface area contributed by atoms with Crippen LogP contribution in [0.15, 0.2) is 24.3 Å². The number of amides is 1. The third-order valence-corrected chi connectivity index (χ3v) is 2.51. The number of non-ortho nitro benzene ring substituents is 1. The molecular formula is C11H10F4N2O3.